The van der Waals surface area contributed by atoms with Crippen LogP contribution in [-0.2, 0) is 11.4 Å². The minimum atomic E-state index is 0.593. The van der Waals surface area contributed by atoms with Crippen LogP contribution in [0.2, 0.25) is 0 Å². The van der Waals surface area contributed by atoms with Crippen LogP contribution in [0.1, 0.15) is 77.3 Å². The van der Waals surface area contributed by atoms with Gasteiger partial charge in [-0.15, -0.1) is 0 Å². The summed E-state index contributed by atoms with van der Waals surface area (Å²) in [6.45, 7) is 13.3. The second-order valence-corrected chi connectivity index (χ2v) is 11.8. The van der Waals surface area contributed by atoms with Crippen LogP contribution in [0.15, 0.2) is 97.1 Å². The van der Waals surface area contributed by atoms with Gasteiger partial charge in [0.15, 0.2) is 6.29 Å². The summed E-state index contributed by atoms with van der Waals surface area (Å²) in [7, 11) is 7.95. The summed E-state index contributed by atoms with van der Waals surface area (Å²) in [6.07, 6.45) is 8.54. The molecule has 0 spiro atoms. The van der Waals surface area contributed by atoms with Crippen molar-refractivity contribution in [2.45, 2.75) is 79.8 Å². The predicted octanol–water partition coefficient (Wildman–Crippen LogP) is 10.3. The van der Waals surface area contributed by atoms with Crippen molar-refractivity contribution in [1.29, 1.82) is 0 Å². The summed E-state index contributed by atoms with van der Waals surface area (Å²) in [4.78, 5) is 9.80. The molecule has 0 heterocycles. The fraction of sp³-hybridized carbons (Fsp3) is 0.452. The molecule has 0 unspecified atom stereocenters. The van der Waals surface area contributed by atoms with Crippen molar-refractivity contribution in [3.8, 4) is 11.5 Å². The molecule has 4 aromatic rings. The van der Waals surface area contributed by atoms with E-state index in [-0.39, 0.29) is 0 Å². The molecule has 0 saturated heterocycles. The van der Waals surface area contributed by atoms with Gasteiger partial charge < -0.3 is 19.3 Å². The second kappa shape index (κ2) is 28.5. The van der Waals surface area contributed by atoms with Crippen LogP contribution in [0.5, 0.6) is 11.5 Å². The molecule has 0 aliphatic rings. The Labute approximate surface area is 287 Å². The van der Waals surface area contributed by atoms with Crippen LogP contribution in [-0.4, -0.2) is 58.7 Å². The zero-order chi connectivity index (χ0) is 35.2. The van der Waals surface area contributed by atoms with E-state index in [0.29, 0.717) is 13.2 Å². The van der Waals surface area contributed by atoms with E-state index in [9.17, 15) is 4.79 Å². The number of likely N-dealkylation sites (N-methyl/N-ethyl adjacent to an activating group) is 1. The van der Waals surface area contributed by atoms with Gasteiger partial charge in [0.1, 0.15) is 24.7 Å². The van der Waals surface area contributed by atoms with Crippen LogP contribution in [0.4, 0.5) is 0 Å². The van der Waals surface area contributed by atoms with Crippen molar-refractivity contribution in [3.05, 3.63) is 108 Å². The van der Waals surface area contributed by atoms with Gasteiger partial charge in [0, 0.05) is 0 Å². The number of aldehydes is 1. The van der Waals surface area contributed by atoms with Gasteiger partial charge >= 0.3 is 0 Å². The van der Waals surface area contributed by atoms with Gasteiger partial charge in [-0.3, -0.25) is 4.79 Å². The van der Waals surface area contributed by atoms with Gasteiger partial charge in [-0.05, 0) is 79.5 Å². The second-order valence-electron chi connectivity index (χ2n) is 11.8. The van der Waals surface area contributed by atoms with Gasteiger partial charge in [-0.1, -0.05) is 126 Å². The van der Waals surface area contributed by atoms with E-state index in [1.807, 2.05) is 98.4 Å². The van der Waals surface area contributed by atoms with Crippen molar-refractivity contribution < 1.29 is 18.8 Å². The number of nitrogens with one attached hydrogen (secondary N) is 1. The molecule has 0 radical (unpaired) electrons. The molecule has 47 heavy (non-hydrogen) atoms. The summed E-state index contributed by atoms with van der Waals surface area (Å²) in [6, 6.07) is 32.9. The Morgan fingerprint density at radius 2 is 1.17 bits per heavy atom. The summed E-state index contributed by atoms with van der Waals surface area (Å²) < 4.78 is 12.3. The Morgan fingerprint density at radius 3 is 1.72 bits per heavy atom. The fourth-order valence-corrected chi connectivity index (χ4v) is 4.28. The van der Waals surface area contributed by atoms with Gasteiger partial charge in [0.05, 0.1) is 27.7 Å². The van der Waals surface area contributed by atoms with Crippen molar-refractivity contribution in [1.82, 2.24) is 5.32 Å². The smallest absolute Gasteiger partial charge is 0.174 e. The lowest BCUT2D eigenvalue weighted by Crippen LogP contribution is -2.35. The molecule has 0 aliphatic carbocycles. The first-order valence-corrected chi connectivity index (χ1v) is 17.5. The predicted molar refractivity (Wildman–Crippen MR) is 205 cm³/mol. The average Bonchev–Trinajstić information content (AvgIpc) is 3.10. The molecule has 4 aromatic carbocycles. The number of carbonyl (C=O) groups excluding carboxylic acids is 1. The summed E-state index contributed by atoms with van der Waals surface area (Å²) >= 11 is 0. The molecular formula is C42H65N2O3+. The highest BCUT2D eigenvalue weighted by molar-refractivity contribution is 5.85. The van der Waals surface area contributed by atoms with Crippen LogP contribution < -0.4 is 14.8 Å². The van der Waals surface area contributed by atoms with Crippen molar-refractivity contribution in [2.75, 3.05) is 47.9 Å². The van der Waals surface area contributed by atoms with Crippen molar-refractivity contribution >= 4 is 17.1 Å². The Kier molecular flexibility index (Phi) is 26.3. The van der Waals surface area contributed by atoms with Crippen LogP contribution >= 0.6 is 0 Å². The molecule has 260 valence electrons. The van der Waals surface area contributed by atoms with E-state index in [2.05, 4.69) is 66.8 Å². The third kappa shape index (κ3) is 22.5. The lowest BCUT2D eigenvalue weighted by atomic mass is 10.1. The van der Waals surface area contributed by atoms with Gasteiger partial charge in [-0.2, -0.15) is 0 Å². The fourth-order valence-electron chi connectivity index (χ4n) is 4.28. The van der Waals surface area contributed by atoms with E-state index >= 15 is 0 Å². The summed E-state index contributed by atoms with van der Waals surface area (Å²) in [5, 5.41) is 5.87. The monoisotopic (exact) mass is 645 g/mol. The normalized spacial score (nSPS) is 9.98. The van der Waals surface area contributed by atoms with Crippen LogP contribution in [0, 0.1) is 6.92 Å². The van der Waals surface area contributed by atoms with E-state index in [1.165, 1.54) is 54.0 Å². The van der Waals surface area contributed by atoms with Crippen LogP contribution in [0.25, 0.3) is 10.8 Å². The molecule has 1 N–H and O–H groups in total. The first-order chi connectivity index (χ1) is 22.8. The molecule has 0 saturated carbocycles. The highest BCUT2D eigenvalue weighted by atomic mass is 16.5. The molecule has 0 aliphatic heterocycles. The Balaban J connectivity index is 0.000000786. The maximum absolute atomic E-state index is 9.80. The number of quaternary nitrogens is 1. The molecule has 0 amide bonds. The van der Waals surface area contributed by atoms with Gasteiger partial charge in [-0.25, -0.2) is 0 Å². The van der Waals surface area contributed by atoms with Crippen molar-refractivity contribution in [3.63, 3.8) is 0 Å². The minimum absolute atomic E-state index is 0.593. The van der Waals surface area contributed by atoms with Gasteiger partial charge in [0.2, 0.25) is 0 Å². The molecule has 0 atom stereocenters. The Hall–Kier alpha value is -3.67. The van der Waals surface area contributed by atoms with E-state index in [0.717, 1.165) is 41.8 Å². The van der Waals surface area contributed by atoms with Gasteiger partial charge in [0.25, 0.3) is 0 Å². The molecule has 5 heteroatoms. The number of carbonyl (C=O) groups is 1. The van der Waals surface area contributed by atoms with E-state index in [1.54, 1.807) is 0 Å². The number of ether oxygens (including phenoxy) is 2. The zero-order valence-electron chi connectivity index (χ0n) is 31.1. The maximum atomic E-state index is 9.80. The largest absolute Gasteiger partial charge is 0.494 e. The number of benzene rings is 4. The number of hydrogen-bond donors (Lipinski definition) is 1. The molecule has 0 fully saturated rings. The summed E-state index contributed by atoms with van der Waals surface area (Å²) in [5.41, 5.74) is 2.52. The lowest BCUT2D eigenvalue weighted by Gasteiger charge is -2.19. The highest BCUT2D eigenvalue weighted by Crippen LogP contribution is 2.19. The third-order valence-corrected chi connectivity index (χ3v) is 6.79. The molecule has 0 aromatic heterocycles. The number of rotatable bonds is 15. The first-order valence-electron chi connectivity index (χ1n) is 17.5. The number of nitrogens with zero attached hydrogens (tertiary/aromatic N) is 1. The quantitative estimate of drug-likeness (QED) is 0.0794. The zero-order valence-corrected chi connectivity index (χ0v) is 31.1. The third-order valence-electron chi connectivity index (χ3n) is 6.79. The summed E-state index contributed by atoms with van der Waals surface area (Å²) in [5.74, 6) is 1.79. The molecule has 5 nitrogen and oxygen atoms in total. The molecular weight excluding hydrogens is 580 g/mol. The van der Waals surface area contributed by atoms with E-state index < -0.39 is 0 Å². The number of unbranched alkanes of at least 4 members (excludes halogenated alkanes) is 5. The molecule has 0 bridgehead atoms. The highest BCUT2D eigenvalue weighted by Gasteiger charge is 2.02. The average molecular weight is 646 g/mol. The van der Waals surface area contributed by atoms with E-state index in [4.69, 9.17) is 9.47 Å². The number of aryl methyl sites for hydroxylation is 1. The maximum Gasteiger partial charge on any atom is 0.174 e. The minimum Gasteiger partial charge on any atom is -0.494 e. The Morgan fingerprint density at radius 1 is 0.638 bits per heavy atom. The number of hydrogen-bond acceptors (Lipinski definition) is 4. The number of fused-ring (bicyclic) bond motifs is 1. The van der Waals surface area contributed by atoms with Crippen molar-refractivity contribution in [2.24, 2.45) is 0 Å². The first kappa shape index (κ1) is 43.3. The lowest BCUT2D eigenvalue weighted by molar-refractivity contribution is -0.861. The standard InChI is InChI=1S/C22H31NO2.C11H10.C5H12NO.2C2H6/c1-23-17-9-4-2-3-5-10-18-24-21-13-15-22(16-14-21)25-19-20-11-7-6-8-12-20;1-9-5-4-7-10-6-2-3-8-11(9)10;1-6(2,3)4-5-7;2*1-2/h6-8,11-16,23H,2-5,9-10,17-19H2,1H3;2-8H,1H3;5H,4H2,1-3H3;2*1-2H3/q;;+1;;. The SMILES string of the molecule is CC.CC.CNCCCCCCCCOc1ccc(OCc2ccccc2)cc1.C[N+](C)(C)CC=O.Cc1cccc2ccccc12. The Bertz CT molecular complexity index is 1260. The molecule has 4 rings (SSSR count). The topological polar surface area (TPSA) is 47.6 Å². The van der Waals surface area contributed by atoms with Crippen LogP contribution in [0.3, 0.4) is 0 Å².